The van der Waals surface area contributed by atoms with Crippen LogP contribution in [0.1, 0.15) is 82.6 Å². The summed E-state index contributed by atoms with van der Waals surface area (Å²) in [6, 6.07) is 7.69. The van der Waals surface area contributed by atoms with E-state index in [9.17, 15) is 9.90 Å². The van der Waals surface area contributed by atoms with Gasteiger partial charge in [-0.2, -0.15) is 0 Å². The summed E-state index contributed by atoms with van der Waals surface area (Å²) >= 11 is 6.36. The second kappa shape index (κ2) is 12.2. The van der Waals surface area contributed by atoms with Gasteiger partial charge in [0.2, 0.25) is 5.91 Å². The number of hydrogen-bond acceptors (Lipinski definition) is 4. The summed E-state index contributed by atoms with van der Waals surface area (Å²) in [6.45, 7) is 3.03. The van der Waals surface area contributed by atoms with Gasteiger partial charge in [0.15, 0.2) is 0 Å². The van der Waals surface area contributed by atoms with Crippen molar-refractivity contribution in [2.24, 2.45) is 35.0 Å². The van der Waals surface area contributed by atoms with E-state index in [1.54, 1.807) is 7.11 Å². The molecule has 6 rings (SSSR count). The van der Waals surface area contributed by atoms with Gasteiger partial charge in [-0.1, -0.05) is 23.7 Å². The quantitative estimate of drug-likeness (QED) is 0.298. The summed E-state index contributed by atoms with van der Waals surface area (Å²) in [6.07, 6.45) is 13.3. The number of nitrogens with one attached hydrogen (secondary N) is 1. The Labute approximate surface area is 235 Å². The molecule has 5 nitrogen and oxygen atoms in total. The minimum absolute atomic E-state index is 0.00344. The fourth-order valence-electron chi connectivity index (χ4n) is 9.33. The first-order valence-corrected chi connectivity index (χ1v) is 15.6. The maximum Gasteiger partial charge on any atom is 0.222 e. The largest absolute Gasteiger partial charge is 0.385 e. The number of likely N-dealkylation sites (tertiary alicyclic amines) is 1. The van der Waals surface area contributed by atoms with E-state index in [-0.39, 0.29) is 11.8 Å². The van der Waals surface area contributed by atoms with Crippen molar-refractivity contribution in [2.45, 2.75) is 82.7 Å². The van der Waals surface area contributed by atoms with Gasteiger partial charge < -0.3 is 20.1 Å². The average molecular weight is 545 g/mol. The summed E-state index contributed by atoms with van der Waals surface area (Å²) in [5.41, 5.74) is 0.388. The first-order valence-electron chi connectivity index (χ1n) is 15.2. The summed E-state index contributed by atoms with van der Waals surface area (Å²) in [5.74, 6) is 3.49. The van der Waals surface area contributed by atoms with Crippen molar-refractivity contribution >= 4 is 17.5 Å². The Morgan fingerprint density at radius 1 is 1.26 bits per heavy atom. The summed E-state index contributed by atoms with van der Waals surface area (Å²) in [4.78, 5) is 15.8. The van der Waals surface area contributed by atoms with E-state index < -0.39 is 5.60 Å². The number of halogens is 1. The number of amides is 1. The SMILES string of the molecule is CNC[C@@H](CC(=O)N1CCC[C@@H]([C@@](O)(CCCCOC)c2cccc(Cl)c2)C1)CC12CC3CC(CC1C3)C2. The minimum Gasteiger partial charge on any atom is -0.385 e. The summed E-state index contributed by atoms with van der Waals surface area (Å²) in [7, 11) is 3.75. The van der Waals surface area contributed by atoms with Crippen LogP contribution in [0.25, 0.3) is 0 Å². The predicted molar refractivity (Wildman–Crippen MR) is 153 cm³/mol. The third-order valence-corrected chi connectivity index (χ3v) is 11.0. The number of unbranched alkanes of at least 4 members (excludes halogenated alkanes) is 1. The van der Waals surface area contributed by atoms with Gasteiger partial charge in [-0.25, -0.2) is 0 Å². The molecule has 5 fully saturated rings. The van der Waals surface area contributed by atoms with Crippen LogP contribution in [0.5, 0.6) is 0 Å². The molecule has 1 aromatic carbocycles. The lowest BCUT2D eigenvalue weighted by molar-refractivity contribution is -0.138. The Kier molecular flexibility index (Phi) is 9.09. The van der Waals surface area contributed by atoms with E-state index in [0.717, 1.165) is 62.1 Å². The molecule has 4 bridgehead atoms. The minimum atomic E-state index is -0.997. The highest BCUT2D eigenvalue weighted by molar-refractivity contribution is 6.30. The topological polar surface area (TPSA) is 61.8 Å². The maximum absolute atomic E-state index is 13.8. The lowest BCUT2D eigenvalue weighted by atomic mass is 9.70. The van der Waals surface area contributed by atoms with Crippen molar-refractivity contribution in [1.82, 2.24) is 10.2 Å². The van der Waals surface area contributed by atoms with Gasteiger partial charge in [0.05, 0.1) is 5.60 Å². The van der Waals surface area contributed by atoms with E-state index in [2.05, 4.69) is 10.2 Å². The molecule has 6 heteroatoms. The molecule has 1 saturated heterocycles. The molecule has 5 atom stereocenters. The molecular weight excluding hydrogens is 496 g/mol. The van der Waals surface area contributed by atoms with Gasteiger partial charge in [-0.05, 0) is 131 Å². The molecule has 1 aliphatic heterocycles. The summed E-state index contributed by atoms with van der Waals surface area (Å²) < 4.78 is 5.25. The number of benzene rings is 1. The van der Waals surface area contributed by atoms with Gasteiger partial charge in [0, 0.05) is 44.2 Å². The van der Waals surface area contributed by atoms with Crippen molar-refractivity contribution in [3.63, 3.8) is 0 Å². The molecule has 212 valence electrons. The molecule has 5 aliphatic rings. The van der Waals surface area contributed by atoms with Crippen LogP contribution in [-0.4, -0.2) is 56.3 Å². The molecule has 1 heterocycles. The average Bonchev–Trinajstić information content (AvgIpc) is 3.29. The number of methoxy groups -OCH3 is 1. The van der Waals surface area contributed by atoms with Gasteiger partial charge in [0.25, 0.3) is 0 Å². The lowest BCUT2D eigenvalue weighted by Gasteiger charge is -2.43. The lowest BCUT2D eigenvalue weighted by Crippen LogP contribution is -2.48. The normalized spacial score (nSPS) is 32.5. The highest BCUT2D eigenvalue weighted by Crippen LogP contribution is 2.67. The zero-order valence-corrected chi connectivity index (χ0v) is 24.4. The third kappa shape index (κ3) is 5.96. The monoisotopic (exact) mass is 544 g/mol. The third-order valence-electron chi connectivity index (χ3n) is 10.7. The van der Waals surface area contributed by atoms with Crippen LogP contribution in [0.3, 0.4) is 0 Å². The molecule has 0 spiro atoms. The van der Waals surface area contributed by atoms with Crippen LogP contribution in [0.2, 0.25) is 5.02 Å². The molecule has 4 aliphatic carbocycles. The second-order valence-electron chi connectivity index (χ2n) is 13.3. The molecule has 2 N–H and O–H groups in total. The highest BCUT2D eigenvalue weighted by Gasteiger charge is 2.57. The molecule has 2 unspecified atom stereocenters. The van der Waals surface area contributed by atoms with Gasteiger partial charge in [-0.3, -0.25) is 4.79 Å². The van der Waals surface area contributed by atoms with Crippen LogP contribution >= 0.6 is 11.6 Å². The van der Waals surface area contributed by atoms with E-state index in [1.807, 2.05) is 31.3 Å². The van der Waals surface area contributed by atoms with E-state index in [1.165, 1.54) is 38.5 Å². The van der Waals surface area contributed by atoms with Crippen LogP contribution < -0.4 is 5.32 Å². The second-order valence-corrected chi connectivity index (χ2v) is 13.7. The molecule has 0 aromatic heterocycles. The van der Waals surface area contributed by atoms with Crippen molar-refractivity contribution in [3.05, 3.63) is 34.9 Å². The Morgan fingerprint density at radius 3 is 2.76 bits per heavy atom. The first kappa shape index (κ1) is 28.4. The van der Waals surface area contributed by atoms with Gasteiger partial charge >= 0.3 is 0 Å². The standard InChI is InChI=1S/C32H49ClN2O3/c1-34-21-25(20-31-18-23-13-24(19-31)15-28(31)14-23)16-30(36)35-11-6-8-27(22-35)32(37,10-3-4-12-38-2)26-7-5-9-29(33)17-26/h5,7,9,17,23-25,27-28,34,37H,3-4,6,8,10-16,18-22H2,1-2H3/t23?,24?,25-,27+,28?,31?,32+/m0/s1. The number of ether oxygens (including phenoxy) is 1. The molecule has 4 saturated carbocycles. The highest BCUT2D eigenvalue weighted by atomic mass is 35.5. The molecule has 38 heavy (non-hydrogen) atoms. The van der Waals surface area contributed by atoms with Crippen LogP contribution in [0, 0.1) is 35.0 Å². The Balaban J connectivity index is 1.26. The van der Waals surface area contributed by atoms with Crippen molar-refractivity contribution in [3.8, 4) is 0 Å². The van der Waals surface area contributed by atoms with E-state index in [0.29, 0.717) is 42.3 Å². The Bertz CT molecular complexity index is 942. The van der Waals surface area contributed by atoms with Gasteiger partial charge in [-0.15, -0.1) is 0 Å². The number of aliphatic hydroxyl groups is 1. The number of carbonyl (C=O) groups excluding carboxylic acids is 1. The number of rotatable bonds is 13. The molecule has 0 radical (unpaired) electrons. The number of carbonyl (C=O) groups is 1. The maximum atomic E-state index is 13.8. The van der Waals surface area contributed by atoms with Crippen molar-refractivity contribution in [2.75, 3.05) is 40.4 Å². The fourth-order valence-corrected chi connectivity index (χ4v) is 9.52. The molecular formula is C32H49ClN2O3. The predicted octanol–water partition coefficient (Wildman–Crippen LogP) is 6.03. The van der Waals surface area contributed by atoms with Crippen LogP contribution in [0.15, 0.2) is 24.3 Å². The Morgan fingerprint density at radius 2 is 2.05 bits per heavy atom. The molecule has 1 amide bonds. The van der Waals surface area contributed by atoms with E-state index >= 15 is 0 Å². The fraction of sp³-hybridized carbons (Fsp3) is 0.781. The van der Waals surface area contributed by atoms with Crippen molar-refractivity contribution in [1.29, 1.82) is 0 Å². The van der Waals surface area contributed by atoms with E-state index in [4.69, 9.17) is 16.3 Å². The zero-order valence-electron chi connectivity index (χ0n) is 23.6. The first-order chi connectivity index (χ1) is 18.3. The number of piperidine rings is 1. The van der Waals surface area contributed by atoms with Crippen molar-refractivity contribution < 1.29 is 14.6 Å². The molecule has 1 aromatic rings. The smallest absolute Gasteiger partial charge is 0.222 e. The van der Waals surface area contributed by atoms with Crippen LogP contribution in [-0.2, 0) is 15.1 Å². The zero-order chi connectivity index (χ0) is 26.8. The Hall–Kier alpha value is -1.14. The number of hydrogen-bond donors (Lipinski definition) is 2. The van der Waals surface area contributed by atoms with Crippen LogP contribution in [0.4, 0.5) is 0 Å². The number of nitrogens with zero attached hydrogens (tertiary/aromatic N) is 1. The van der Waals surface area contributed by atoms with Gasteiger partial charge in [0.1, 0.15) is 0 Å². The summed E-state index contributed by atoms with van der Waals surface area (Å²) in [5, 5.41) is 16.2.